The van der Waals surface area contributed by atoms with Crippen LogP contribution in [0.15, 0.2) is 0 Å². The molecule has 2 aliphatic carbocycles. The average molecular weight is 238 g/mol. The van der Waals surface area contributed by atoms with Gasteiger partial charge in [-0.05, 0) is 57.8 Å². The van der Waals surface area contributed by atoms with Gasteiger partial charge >= 0.3 is 0 Å². The van der Waals surface area contributed by atoms with Crippen molar-refractivity contribution in [3.8, 4) is 0 Å². The normalized spacial score (nSPS) is 26.5. The quantitative estimate of drug-likeness (QED) is 0.793. The summed E-state index contributed by atoms with van der Waals surface area (Å²) in [6.07, 6.45) is 9.70. The van der Waals surface area contributed by atoms with Crippen molar-refractivity contribution in [3.63, 3.8) is 0 Å². The molecule has 1 spiro atoms. The number of nitrogens with two attached hydrogens (primary N) is 1. The Morgan fingerprint density at radius 1 is 1.06 bits per heavy atom. The Kier molecular flexibility index (Phi) is 3.48. The zero-order chi connectivity index (χ0) is 12.5. The Labute approximate surface area is 105 Å². The van der Waals surface area contributed by atoms with Crippen LogP contribution in [0.3, 0.4) is 0 Å². The number of nitrogens with one attached hydrogen (secondary N) is 1. The second kappa shape index (κ2) is 4.60. The zero-order valence-corrected chi connectivity index (χ0v) is 11.2. The van der Waals surface area contributed by atoms with Crippen LogP contribution in [0.5, 0.6) is 0 Å². The highest BCUT2D eigenvalue weighted by Gasteiger charge is 2.46. The van der Waals surface area contributed by atoms with Gasteiger partial charge < -0.3 is 11.1 Å². The van der Waals surface area contributed by atoms with Crippen molar-refractivity contribution in [2.45, 2.75) is 76.8 Å². The Morgan fingerprint density at radius 2 is 1.59 bits per heavy atom. The zero-order valence-electron chi connectivity index (χ0n) is 11.2. The van der Waals surface area contributed by atoms with Crippen molar-refractivity contribution in [2.75, 3.05) is 0 Å². The van der Waals surface area contributed by atoms with Crippen molar-refractivity contribution in [1.82, 2.24) is 5.32 Å². The third kappa shape index (κ3) is 2.49. The van der Waals surface area contributed by atoms with E-state index < -0.39 is 5.54 Å². The minimum atomic E-state index is -0.429. The number of carbonyl (C=O) groups excluding carboxylic acids is 1. The van der Waals surface area contributed by atoms with E-state index in [0.717, 1.165) is 12.8 Å². The molecule has 1 amide bonds. The van der Waals surface area contributed by atoms with Gasteiger partial charge in [-0.25, -0.2) is 0 Å². The van der Waals surface area contributed by atoms with E-state index >= 15 is 0 Å². The molecule has 2 saturated carbocycles. The van der Waals surface area contributed by atoms with E-state index in [1.807, 2.05) is 0 Å². The van der Waals surface area contributed by atoms with E-state index in [4.69, 9.17) is 5.73 Å². The lowest BCUT2D eigenvalue weighted by molar-refractivity contribution is -0.127. The first-order valence-corrected chi connectivity index (χ1v) is 7.06. The first-order chi connectivity index (χ1) is 7.98. The van der Waals surface area contributed by atoms with Crippen molar-refractivity contribution < 1.29 is 4.79 Å². The minimum absolute atomic E-state index is 0.154. The maximum Gasteiger partial charge on any atom is 0.237 e. The predicted molar refractivity (Wildman–Crippen MR) is 69.6 cm³/mol. The fourth-order valence-electron chi connectivity index (χ4n) is 3.85. The summed E-state index contributed by atoms with van der Waals surface area (Å²) in [6, 6.07) is 0.320. The Morgan fingerprint density at radius 3 is 2.00 bits per heavy atom. The van der Waals surface area contributed by atoms with Crippen LogP contribution in [0.4, 0.5) is 0 Å². The molecule has 2 aliphatic rings. The molecule has 0 unspecified atom stereocenters. The standard InChI is InChI=1S/C14H26N2O/c1-11(2)16-14(12(15)17)9-7-13(8-10-14)5-3-4-6-13/h11,16H,3-10H2,1-2H3,(H2,15,17). The third-order valence-corrected chi connectivity index (χ3v) is 4.87. The molecule has 98 valence electrons. The monoisotopic (exact) mass is 238 g/mol. The van der Waals surface area contributed by atoms with E-state index in [0.29, 0.717) is 11.5 Å². The van der Waals surface area contributed by atoms with E-state index in [-0.39, 0.29) is 5.91 Å². The third-order valence-electron chi connectivity index (χ3n) is 4.87. The van der Waals surface area contributed by atoms with Gasteiger partial charge in [0.05, 0.1) is 5.54 Å². The molecule has 0 bridgehead atoms. The average Bonchev–Trinajstić information content (AvgIpc) is 2.70. The van der Waals surface area contributed by atoms with Crippen molar-refractivity contribution in [1.29, 1.82) is 0 Å². The number of rotatable bonds is 3. The molecule has 0 aromatic rings. The molecule has 0 aromatic heterocycles. The summed E-state index contributed by atoms with van der Waals surface area (Å²) in [7, 11) is 0. The summed E-state index contributed by atoms with van der Waals surface area (Å²) >= 11 is 0. The van der Waals surface area contributed by atoms with E-state index in [1.165, 1.54) is 38.5 Å². The van der Waals surface area contributed by atoms with Crippen LogP contribution in [-0.2, 0) is 4.79 Å². The molecule has 2 fully saturated rings. The number of amides is 1. The smallest absolute Gasteiger partial charge is 0.237 e. The summed E-state index contributed by atoms with van der Waals surface area (Å²) in [5, 5.41) is 3.43. The second-order valence-corrected chi connectivity index (χ2v) is 6.45. The summed E-state index contributed by atoms with van der Waals surface area (Å²) in [5.74, 6) is -0.154. The van der Waals surface area contributed by atoms with Crippen molar-refractivity contribution >= 4 is 5.91 Å². The minimum Gasteiger partial charge on any atom is -0.368 e. The van der Waals surface area contributed by atoms with Crippen LogP contribution in [-0.4, -0.2) is 17.5 Å². The summed E-state index contributed by atoms with van der Waals surface area (Å²) in [6.45, 7) is 4.18. The molecule has 17 heavy (non-hydrogen) atoms. The second-order valence-electron chi connectivity index (χ2n) is 6.45. The lowest BCUT2D eigenvalue weighted by Gasteiger charge is -2.44. The van der Waals surface area contributed by atoms with Gasteiger partial charge in [0, 0.05) is 6.04 Å². The van der Waals surface area contributed by atoms with Gasteiger partial charge in [0.15, 0.2) is 0 Å². The molecule has 2 rings (SSSR count). The van der Waals surface area contributed by atoms with Gasteiger partial charge in [-0.1, -0.05) is 12.8 Å². The van der Waals surface area contributed by atoms with Crippen LogP contribution >= 0.6 is 0 Å². The van der Waals surface area contributed by atoms with Crippen LogP contribution in [0.2, 0.25) is 0 Å². The van der Waals surface area contributed by atoms with Gasteiger partial charge in [-0.3, -0.25) is 4.79 Å². The summed E-state index contributed by atoms with van der Waals surface area (Å²) in [4.78, 5) is 11.8. The lowest BCUT2D eigenvalue weighted by Crippen LogP contribution is -2.60. The highest BCUT2D eigenvalue weighted by Crippen LogP contribution is 2.51. The fourth-order valence-corrected chi connectivity index (χ4v) is 3.85. The highest BCUT2D eigenvalue weighted by atomic mass is 16.1. The van der Waals surface area contributed by atoms with Crippen molar-refractivity contribution in [3.05, 3.63) is 0 Å². The Bertz CT molecular complexity index is 283. The number of carbonyl (C=O) groups is 1. The van der Waals surface area contributed by atoms with Crippen LogP contribution in [0.1, 0.15) is 65.2 Å². The molecule has 3 heteroatoms. The first kappa shape index (κ1) is 12.9. The van der Waals surface area contributed by atoms with Crippen LogP contribution in [0.25, 0.3) is 0 Å². The molecule has 0 radical (unpaired) electrons. The maximum absolute atomic E-state index is 11.8. The molecule has 0 aromatic carbocycles. The predicted octanol–water partition coefficient (Wildman–Crippen LogP) is 2.34. The van der Waals surface area contributed by atoms with Gasteiger partial charge in [0.1, 0.15) is 0 Å². The van der Waals surface area contributed by atoms with Gasteiger partial charge in [-0.15, -0.1) is 0 Å². The topological polar surface area (TPSA) is 55.1 Å². The highest BCUT2D eigenvalue weighted by molar-refractivity contribution is 5.84. The number of hydrogen-bond acceptors (Lipinski definition) is 2. The Hall–Kier alpha value is -0.570. The summed E-state index contributed by atoms with van der Waals surface area (Å²) in [5.41, 5.74) is 5.76. The maximum atomic E-state index is 11.8. The molecule has 0 heterocycles. The van der Waals surface area contributed by atoms with Gasteiger partial charge in [0.2, 0.25) is 5.91 Å². The van der Waals surface area contributed by atoms with Gasteiger partial charge in [0.25, 0.3) is 0 Å². The molecular formula is C14H26N2O. The molecule has 3 N–H and O–H groups in total. The molecular weight excluding hydrogens is 212 g/mol. The Balaban J connectivity index is 2.04. The summed E-state index contributed by atoms with van der Waals surface area (Å²) < 4.78 is 0. The van der Waals surface area contributed by atoms with Gasteiger partial charge in [-0.2, -0.15) is 0 Å². The molecule has 0 saturated heterocycles. The molecule has 0 aliphatic heterocycles. The van der Waals surface area contributed by atoms with E-state index in [9.17, 15) is 4.79 Å². The number of primary amides is 1. The fraction of sp³-hybridized carbons (Fsp3) is 0.929. The van der Waals surface area contributed by atoms with Crippen LogP contribution in [0, 0.1) is 5.41 Å². The first-order valence-electron chi connectivity index (χ1n) is 7.06. The SMILES string of the molecule is CC(C)NC1(C(N)=O)CCC2(CCCC2)CC1. The molecule has 3 nitrogen and oxygen atoms in total. The largest absolute Gasteiger partial charge is 0.368 e. The van der Waals surface area contributed by atoms with Crippen molar-refractivity contribution in [2.24, 2.45) is 11.1 Å². The van der Waals surface area contributed by atoms with E-state index in [2.05, 4.69) is 19.2 Å². The lowest BCUT2D eigenvalue weighted by atomic mass is 9.66. The van der Waals surface area contributed by atoms with Crippen LogP contribution < -0.4 is 11.1 Å². The molecule has 0 atom stereocenters. The van der Waals surface area contributed by atoms with E-state index in [1.54, 1.807) is 0 Å². The number of hydrogen-bond donors (Lipinski definition) is 2.